The van der Waals surface area contributed by atoms with Crippen molar-refractivity contribution in [1.29, 1.82) is 0 Å². The monoisotopic (exact) mass is 271 g/mol. The summed E-state index contributed by atoms with van der Waals surface area (Å²) in [5.41, 5.74) is 3.00. The van der Waals surface area contributed by atoms with E-state index in [1.807, 2.05) is 11.3 Å². The summed E-state index contributed by atoms with van der Waals surface area (Å²) in [6, 6.07) is 13.9. The van der Waals surface area contributed by atoms with Gasteiger partial charge in [-0.1, -0.05) is 30.3 Å². The van der Waals surface area contributed by atoms with Gasteiger partial charge < -0.3 is 5.32 Å². The molecule has 1 aromatic carbocycles. The van der Waals surface area contributed by atoms with Gasteiger partial charge in [0.05, 0.1) is 0 Å². The summed E-state index contributed by atoms with van der Waals surface area (Å²) in [7, 11) is 0. The lowest BCUT2D eigenvalue weighted by Gasteiger charge is -2.37. The van der Waals surface area contributed by atoms with Gasteiger partial charge in [-0.15, -0.1) is 11.3 Å². The first-order valence-electron chi connectivity index (χ1n) is 7.14. The van der Waals surface area contributed by atoms with E-state index in [4.69, 9.17) is 0 Å². The minimum atomic E-state index is 0.726. The molecule has 100 valence electrons. The van der Waals surface area contributed by atoms with E-state index in [1.165, 1.54) is 29.7 Å². The van der Waals surface area contributed by atoms with Crippen molar-refractivity contribution in [3.63, 3.8) is 0 Å². The van der Waals surface area contributed by atoms with Crippen LogP contribution in [-0.4, -0.2) is 12.6 Å². The standard InChI is InChI=1S/C17H21NS/c1-13-5-2-3-7-17(13)14-11-15(12-14)18-9-8-16-6-4-10-19-16/h2-7,10,14-15,18H,8-9,11-12H2,1H3. The molecule has 0 bridgehead atoms. The minimum absolute atomic E-state index is 0.726. The van der Waals surface area contributed by atoms with E-state index in [2.05, 4.69) is 54.0 Å². The fourth-order valence-electron chi connectivity index (χ4n) is 2.94. The molecule has 2 heteroatoms. The Morgan fingerprint density at radius 2 is 2.00 bits per heavy atom. The molecule has 2 aromatic rings. The fraction of sp³-hybridized carbons (Fsp3) is 0.412. The maximum absolute atomic E-state index is 3.68. The Hall–Kier alpha value is -1.12. The van der Waals surface area contributed by atoms with Crippen molar-refractivity contribution in [2.24, 2.45) is 0 Å². The lowest BCUT2D eigenvalue weighted by molar-refractivity contribution is 0.292. The van der Waals surface area contributed by atoms with Crippen LogP contribution >= 0.6 is 11.3 Å². The smallest absolute Gasteiger partial charge is 0.00788 e. The highest BCUT2D eigenvalue weighted by atomic mass is 32.1. The Balaban J connectivity index is 1.42. The quantitative estimate of drug-likeness (QED) is 0.862. The van der Waals surface area contributed by atoms with E-state index >= 15 is 0 Å². The summed E-state index contributed by atoms with van der Waals surface area (Å²) in [5, 5.41) is 5.84. The number of rotatable bonds is 5. The molecule has 0 saturated heterocycles. The van der Waals surface area contributed by atoms with Gasteiger partial charge in [0.2, 0.25) is 0 Å². The van der Waals surface area contributed by atoms with Crippen molar-refractivity contribution in [2.75, 3.05) is 6.54 Å². The van der Waals surface area contributed by atoms with Gasteiger partial charge >= 0.3 is 0 Å². The van der Waals surface area contributed by atoms with Crippen LogP contribution in [0, 0.1) is 6.92 Å². The summed E-state index contributed by atoms with van der Waals surface area (Å²) >= 11 is 1.86. The van der Waals surface area contributed by atoms with E-state index in [0.717, 1.165) is 18.5 Å². The highest BCUT2D eigenvalue weighted by Gasteiger charge is 2.30. The van der Waals surface area contributed by atoms with Gasteiger partial charge in [-0.25, -0.2) is 0 Å². The van der Waals surface area contributed by atoms with Gasteiger partial charge in [-0.05, 0) is 54.7 Å². The molecule has 19 heavy (non-hydrogen) atoms. The molecule has 1 aliphatic rings. The average Bonchev–Trinajstić information content (AvgIpc) is 2.87. The molecule has 1 fully saturated rings. The molecule has 0 aliphatic heterocycles. The normalized spacial score (nSPS) is 22.2. The molecular weight excluding hydrogens is 250 g/mol. The Labute approximate surface area is 119 Å². The largest absolute Gasteiger partial charge is 0.314 e. The van der Waals surface area contributed by atoms with Crippen LogP contribution in [0.4, 0.5) is 0 Å². The molecule has 3 rings (SSSR count). The Morgan fingerprint density at radius 1 is 1.16 bits per heavy atom. The van der Waals surface area contributed by atoms with Crippen LogP contribution in [0.25, 0.3) is 0 Å². The van der Waals surface area contributed by atoms with Gasteiger partial charge in [0, 0.05) is 17.5 Å². The molecule has 1 aromatic heterocycles. The number of thiophene rings is 1. The Bertz CT molecular complexity index is 512. The maximum atomic E-state index is 3.68. The zero-order valence-electron chi connectivity index (χ0n) is 11.4. The third-order valence-electron chi connectivity index (χ3n) is 4.15. The van der Waals surface area contributed by atoms with E-state index in [1.54, 1.807) is 5.56 Å². The van der Waals surface area contributed by atoms with Crippen molar-refractivity contribution < 1.29 is 0 Å². The summed E-state index contributed by atoms with van der Waals surface area (Å²) in [5.74, 6) is 0.778. The van der Waals surface area contributed by atoms with Crippen LogP contribution in [0.2, 0.25) is 0 Å². The molecule has 1 aliphatic carbocycles. The van der Waals surface area contributed by atoms with Crippen LogP contribution in [-0.2, 0) is 6.42 Å². The highest BCUT2D eigenvalue weighted by Crippen LogP contribution is 2.38. The summed E-state index contributed by atoms with van der Waals surface area (Å²) < 4.78 is 0. The summed E-state index contributed by atoms with van der Waals surface area (Å²) in [6.07, 6.45) is 3.77. The van der Waals surface area contributed by atoms with Crippen LogP contribution in [0.1, 0.15) is 34.8 Å². The molecule has 1 nitrogen and oxygen atoms in total. The summed E-state index contributed by atoms with van der Waals surface area (Å²) in [4.78, 5) is 1.49. The number of hydrogen-bond acceptors (Lipinski definition) is 2. The molecule has 0 spiro atoms. The van der Waals surface area contributed by atoms with Crippen molar-refractivity contribution in [3.05, 3.63) is 57.8 Å². The van der Waals surface area contributed by atoms with E-state index < -0.39 is 0 Å². The second-order valence-corrected chi connectivity index (χ2v) is 6.54. The van der Waals surface area contributed by atoms with Gasteiger partial charge in [0.25, 0.3) is 0 Å². The maximum Gasteiger partial charge on any atom is 0.00788 e. The van der Waals surface area contributed by atoms with Crippen LogP contribution < -0.4 is 5.32 Å². The average molecular weight is 271 g/mol. The zero-order chi connectivity index (χ0) is 13.1. The summed E-state index contributed by atoms with van der Waals surface area (Å²) in [6.45, 7) is 3.35. The van der Waals surface area contributed by atoms with E-state index in [0.29, 0.717) is 0 Å². The first-order chi connectivity index (χ1) is 9.33. The number of hydrogen-bond donors (Lipinski definition) is 1. The molecule has 1 N–H and O–H groups in total. The predicted molar refractivity (Wildman–Crippen MR) is 83.0 cm³/mol. The first-order valence-corrected chi connectivity index (χ1v) is 8.02. The molecule has 1 saturated carbocycles. The molecule has 1 heterocycles. The third kappa shape index (κ3) is 3.07. The van der Waals surface area contributed by atoms with Gasteiger partial charge in [-0.2, -0.15) is 0 Å². The SMILES string of the molecule is Cc1ccccc1C1CC(NCCc2cccs2)C1. The second-order valence-electron chi connectivity index (χ2n) is 5.51. The fourth-order valence-corrected chi connectivity index (χ4v) is 3.65. The van der Waals surface area contributed by atoms with Crippen molar-refractivity contribution in [1.82, 2.24) is 5.32 Å². The zero-order valence-corrected chi connectivity index (χ0v) is 12.2. The lowest BCUT2D eigenvalue weighted by Crippen LogP contribution is -2.41. The number of benzene rings is 1. The van der Waals surface area contributed by atoms with Crippen LogP contribution in [0.5, 0.6) is 0 Å². The van der Waals surface area contributed by atoms with E-state index in [-0.39, 0.29) is 0 Å². The van der Waals surface area contributed by atoms with Crippen LogP contribution in [0.15, 0.2) is 41.8 Å². The van der Waals surface area contributed by atoms with Gasteiger partial charge in [0.15, 0.2) is 0 Å². The first kappa shape index (κ1) is 12.9. The number of nitrogens with one attached hydrogen (secondary N) is 1. The van der Waals surface area contributed by atoms with Crippen molar-refractivity contribution in [3.8, 4) is 0 Å². The van der Waals surface area contributed by atoms with Crippen molar-refractivity contribution in [2.45, 2.75) is 38.1 Å². The molecule has 0 amide bonds. The molecular formula is C17H21NS. The third-order valence-corrected chi connectivity index (χ3v) is 5.09. The lowest BCUT2D eigenvalue weighted by atomic mass is 9.74. The number of aryl methyl sites for hydroxylation is 1. The van der Waals surface area contributed by atoms with E-state index in [9.17, 15) is 0 Å². The van der Waals surface area contributed by atoms with Crippen LogP contribution in [0.3, 0.4) is 0 Å². The Kier molecular flexibility index (Phi) is 4.00. The molecule has 0 radical (unpaired) electrons. The topological polar surface area (TPSA) is 12.0 Å². The second kappa shape index (κ2) is 5.89. The van der Waals surface area contributed by atoms with Crippen molar-refractivity contribution >= 4 is 11.3 Å². The Morgan fingerprint density at radius 3 is 2.74 bits per heavy atom. The van der Waals surface area contributed by atoms with Gasteiger partial charge in [-0.3, -0.25) is 0 Å². The molecule has 0 atom stereocenters. The predicted octanol–water partition coefficient (Wildman–Crippen LogP) is 4.13. The minimum Gasteiger partial charge on any atom is -0.314 e. The van der Waals surface area contributed by atoms with Gasteiger partial charge in [0.1, 0.15) is 0 Å². The molecule has 0 unspecified atom stereocenters. The highest BCUT2D eigenvalue weighted by molar-refractivity contribution is 7.09.